The minimum absolute atomic E-state index is 0.0649. The van der Waals surface area contributed by atoms with Crippen LogP contribution in [0.15, 0.2) is 15.8 Å². The minimum atomic E-state index is -1.24. The van der Waals surface area contributed by atoms with Crippen LogP contribution in [-0.2, 0) is 21.0 Å². The average Bonchev–Trinajstić information content (AvgIpc) is 2.90. The van der Waals surface area contributed by atoms with Gasteiger partial charge in [-0.25, -0.2) is 9.36 Å². The van der Waals surface area contributed by atoms with Gasteiger partial charge in [-0.15, -0.1) is 0 Å². The summed E-state index contributed by atoms with van der Waals surface area (Å²) in [5.74, 6) is -1.90. The van der Waals surface area contributed by atoms with Crippen LogP contribution in [0.5, 0.6) is 0 Å². The molecule has 1 fully saturated rings. The summed E-state index contributed by atoms with van der Waals surface area (Å²) in [5.41, 5.74) is -3.05. The molecule has 0 saturated carbocycles. The van der Waals surface area contributed by atoms with Crippen molar-refractivity contribution in [2.75, 3.05) is 6.61 Å². The first-order valence-electron chi connectivity index (χ1n) is 7.69. The molecule has 2 rings (SSSR count). The van der Waals surface area contributed by atoms with E-state index in [-0.39, 0.29) is 6.42 Å². The molecule has 1 aromatic rings. The molecule has 1 aromatic heterocycles. The van der Waals surface area contributed by atoms with Crippen molar-refractivity contribution in [3.63, 3.8) is 0 Å². The lowest BCUT2D eigenvalue weighted by Gasteiger charge is -2.19. The third-order valence-corrected chi connectivity index (χ3v) is 3.79. The van der Waals surface area contributed by atoms with E-state index in [1.54, 1.807) is 20.8 Å². The van der Waals surface area contributed by atoms with Crippen LogP contribution in [-0.4, -0.2) is 44.1 Å². The highest BCUT2D eigenvalue weighted by Crippen LogP contribution is 2.27. The second-order valence-corrected chi connectivity index (χ2v) is 6.83. The van der Waals surface area contributed by atoms with Crippen molar-refractivity contribution in [2.45, 2.75) is 52.4 Å². The fourth-order valence-corrected chi connectivity index (χ4v) is 2.30. The summed E-state index contributed by atoms with van der Waals surface area (Å²) in [7, 11) is 0. The highest BCUT2D eigenvalue weighted by atomic mass is 19.1. The van der Waals surface area contributed by atoms with Crippen LogP contribution >= 0.6 is 0 Å². The van der Waals surface area contributed by atoms with Gasteiger partial charge in [0.05, 0.1) is 24.3 Å². The fourth-order valence-electron chi connectivity index (χ4n) is 2.30. The molecule has 140 valence electrons. The number of carbonyl (C=O) groups is 1. The Bertz CT molecular complexity index is 765. The van der Waals surface area contributed by atoms with Gasteiger partial charge in [-0.2, -0.15) is 4.39 Å². The molecule has 0 unspecified atom stereocenters. The van der Waals surface area contributed by atoms with Crippen LogP contribution in [0.4, 0.5) is 4.39 Å². The summed E-state index contributed by atoms with van der Waals surface area (Å²) >= 11 is 0. The van der Waals surface area contributed by atoms with Crippen molar-refractivity contribution in [1.82, 2.24) is 9.13 Å². The van der Waals surface area contributed by atoms with Crippen LogP contribution in [0.1, 0.15) is 33.4 Å². The molecule has 2 heterocycles. The third kappa shape index (κ3) is 3.97. The Morgan fingerprint density at radius 1 is 1.44 bits per heavy atom. The van der Waals surface area contributed by atoms with Crippen molar-refractivity contribution in [1.29, 1.82) is 0 Å². The summed E-state index contributed by atoms with van der Waals surface area (Å²) < 4.78 is 25.3. The molecule has 0 spiro atoms. The largest absolute Gasteiger partial charge is 0.443 e. The number of aliphatic hydroxyl groups excluding tert-OH is 2. The fraction of sp³-hybridized carbons (Fsp3) is 0.667. The van der Waals surface area contributed by atoms with Crippen molar-refractivity contribution in [3.8, 4) is 0 Å². The number of carbonyl (C=O) groups excluding carboxylic acids is 1. The summed E-state index contributed by atoms with van der Waals surface area (Å²) in [6.45, 7) is 3.54. The summed E-state index contributed by atoms with van der Waals surface area (Å²) in [6, 6.07) is 0. The zero-order valence-corrected chi connectivity index (χ0v) is 14.1. The van der Waals surface area contributed by atoms with Crippen LogP contribution in [0, 0.1) is 11.2 Å². The number of ether oxygens (including phenoxy) is 2. The Morgan fingerprint density at radius 3 is 2.60 bits per heavy atom. The Morgan fingerprint density at radius 2 is 2.08 bits per heavy atom. The second-order valence-electron chi connectivity index (χ2n) is 6.83. The molecular weight excluding hydrogens is 339 g/mol. The van der Waals surface area contributed by atoms with Gasteiger partial charge in [0.25, 0.3) is 5.56 Å². The Hall–Kier alpha value is -2.04. The lowest BCUT2D eigenvalue weighted by Crippen LogP contribution is -2.43. The second kappa shape index (κ2) is 7.06. The van der Waals surface area contributed by atoms with E-state index in [9.17, 15) is 23.9 Å². The van der Waals surface area contributed by atoms with Gasteiger partial charge in [0.15, 0.2) is 6.73 Å². The summed E-state index contributed by atoms with van der Waals surface area (Å²) in [4.78, 5) is 36.1. The van der Waals surface area contributed by atoms with Gasteiger partial charge >= 0.3 is 11.7 Å². The topological polar surface area (TPSA) is 120 Å². The number of nitrogens with zero attached hydrogens (tertiary/aromatic N) is 2. The normalized spacial score (nSPS) is 23.7. The molecule has 3 atom stereocenters. The van der Waals surface area contributed by atoms with Gasteiger partial charge in [0.2, 0.25) is 5.82 Å². The molecule has 0 aromatic carbocycles. The lowest BCUT2D eigenvalue weighted by atomic mass is 9.98. The van der Waals surface area contributed by atoms with E-state index < -0.39 is 60.2 Å². The van der Waals surface area contributed by atoms with E-state index in [2.05, 4.69) is 0 Å². The number of esters is 1. The van der Waals surface area contributed by atoms with E-state index in [1.807, 2.05) is 0 Å². The van der Waals surface area contributed by atoms with Gasteiger partial charge in [0.1, 0.15) is 12.3 Å². The molecule has 1 aliphatic rings. The van der Waals surface area contributed by atoms with Gasteiger partial charge in [-0.1, -0.05) is 0 Å². The first-order chi connectivity index (χ1) is 11.6. The molecule has 1 saturated heterocycles. The molecule has 0 radical (unpaired) electrons. The molecule has 25 heavy (non-hydrogen) atoms. The van der Waals surface area contributed by atoms with Crippen molar-refractivity contribution >= 4 is 5.97 Å². The number of hydrogen-bond donors (Lipinski definition) is 2. The maximum absolute atomic E-state index is 13.9. The van der Waals surface area contributed by atoms with Gasteiger partial charge in [-0.3, -0.25) is 14.2 Å². The van der Waals surface area contributed by atoms with Gasteiger partial charge < -0.3 is 19.7 Å². The van der Waals surface area contributed by atoms with E-state index >= 15 is 0 Å². The molecule has 0 amide bonds. The Balaban J connectivity index is 2.33. The standard InChI is InChI=1S/C15H21FN2O7/c1-15(2,3)13(22)24-7-18-12(21)8(16)5-17(14(18)23)11-4-9(20)10(6-19)25-11/h5,9-11,19-20H,4,6-7H2,1-3H3/t9-,10+,11+/m0/s1. The third-order valence-electron chi connectivity index (χ3n) is 3.79. The first-order valence-corrected chi connectivity index (χ1v) is 7.69. The Labute approximate surface area is 142 Å². The number of hydrogen-bond acceptors (Lipinski definition) is 7. The maximum Gasteiger partial charge on any atom is 0.336 e. The number of aliphatic hydroxyl groups is 2. The zero-order valence-electron chi connectivity index (χ0n) is 14.1. The number of halogens is 1. The SMILES string of the molecule is CC(C)(C)C(=O)OCn1c(=O)c(F)cn([C@H]2C[C@H](O)[C@@H](CO)O2)c1=O. The molecule has 0 aliphatic carbocycles. The smallest absolute Gasteiger partial charge is 0.336 e. The van der Waals surface area contributed by atoms with Crippen LogP contribution in [0.25, 0.3) is 0 Å². The zero-order chi connectivity index (χ0) is 18.9. The summed E-state index contributed by atoms with van der Waals surface area (Å²) in [6.07, 6.45) is -2.41. The Kier molecular flexibility index (Phi) is 5.45. The molecule has 10 heteroatoms. The van der Waals surface area contributed by atoms with Crippen molar-refractivity contribution in [2.24, 2.45) is 5.41 Å². The minimum Gasteiger partial charge on any atom is -0.443 e. The number of aromatic nitrogens is 2. The molecular formula is C15H21FN2O7. The van der Waals surface area contributed by atoms with Gasteiger partial charge in [-0.05, 0) is 20.8 Å². The van der Waals surface area contributed by atoms with Crippen molar-refractivity contribution in [3.05, 3.63) is 32.9 Å². The average molecular weight is 360 g/mol. The highest BCUT2D eigenvalue weighted by molar-refractivity contribution is 5.75. The predicted molar refractivity (Wildman–Crippen MR) is 82.1 cm³/mol. The van der Waals surface area contributed by atoms with E-state index in [0.29, 0.717) is 10.8 Å². The van der Waals surface area contributed by atoms with Crippen LogP contribution in [0.2, 0.25) is 0 Å². The van der Waals surface area contributed by atoms with E-state index in [1.165, 1.54) is 0 Å². The number of rotatable bonds is 4. The molecule has 2 N–H and O–H groups in total. The summed E-state index contributed by atoms with van der Waals surface area (Å²) in [5, 5.41) is 18.8. The van der Waals surface area contributed by atoms with E-state index in [0.717, 1.165) is 4.57 Å². The molecule has 0 bridgehead atoms. The molecule has 9 nitrogen and oxygen atoms in total. The monoisotopic (exact) mass is 360 g/mol. The predicted octanol–water partition coefficient (Wildman–Crippen LogP) is -0.663. The van der Waals surface area contributed by atoms with Gasteiger partial charge in [0, 0.05) is 6.42 Å². The van der Waals surface area contributed by atoms with Crippen molar-refractivity contribution < 1.29 is 28.9 Å². The quantitative estimate of drug-likeness (QED) is 0.684. The highest BCUT2D eigenvalue weighted by Gasteiger charge is 2.35. The van der Waals surface area contributed by atoms with Crippen LogP contribution in [0.3, 0.4) is 0 Å². The van der Waals surface area contributed by atoms with Crippen LogP contribution < -0.4 is 11.2 Å². The van der Waals surface area contributed by atoms with E-state index in [4.69, 9.17) is 14.6 Å². The lowest BCUT2D eigenvalue weighted by molar-refractivity contribution is -0.157. The first kappa shape index (κ1) is 19.3. The molecule has 1 aliphatic heterocycles. The maximum atomic E-state index is 13.9.